The van der Waals surface area contributed by atoms with Gasteiger partial charge < -0.3 is 5.11 Å². The maximum absolute atomic E-state index is 11.4. The predicted molar refractivity (Wildman–Crippen MR) is 70.1 cm³/mol. The third-order valence-electron chi connectivity index (χ3n) is 3.70. The van der Waals surface area contributed by atoms with Crippen molar-refractivity contribution >= 4 is 5.97 Å². The number of hydrogen-bond donors (Lipinski definition) is 2. The molecule has 1 fully saturated rings. The minimum Gasteiger partial charge on any atom is -0.480 e. The minimum atomic E-state index is -0.802. The van der Waals surface area contributed by atoms with Gasteiger partial charge in [-0.2, -0.15) is 0 Å². The van der Waals surface area contributed by atoms with Crippen LogP contribution in [0.4, 0.5) is 0 Å². The second-order valence-electron chi connectivity index (χ2n) is 5.30. The molecule has 1 saturated carbocycles. The van der Waals surface area contributed by atoms with E-state index in [1.54, 1.807) is 13.0 Å². The van der Waals surface area contributed by atoms with E-state index in [1.165, 1.54) is 25.7 Å². The Bertz CT molecular complexity index is 257. The van der Waals surface area contributed by atoms with Crippen LogP contribution in [0.15, 0.2) is 12.7 Å². The summed E-state index contributed by atoms with van der Waals surface area (Å²) in [5, 5.41) is 12.7. The van der Waals surface area contributed by atoms with Gasteiger partial charge in [-0.25, -0.2) is 0 Å². The van der Waals surface area contributed by atoms with Gasteiger partial charge in [0, 0.05) is 6.04 Å². The maximum Gasteiger partial charge on any atom is 0.323 e. The first-order valence-electron chi connectivity index (χ1n) is 6.70. The highest BCUT2D eigenvalue weighted by atomic mass is 16.4. The Morgan fingerprint density at radius 3 is 2.47 bits per heavy atom. The highest BCUT2D eigenvalue weighted by Gasteiger charge is 2.34. The fourth-order valence-corrected chi connectivity index (χ4v) is 2.51. The molecule has 1 atom stereocenters. The summed E-state index contributed by atoms with van der Waals surface area (Å²) >= 11 is 0. The molecular formula is C14H25NO2. The summed E-state index contributed by atoms with van der Waals surface area (Å²) in [6.45, 7) is 5.46. The van der Waals surface area contributed by atoms with Crippen LogP contribution in [0.1, 0.15) is 58.3 Å². The van der Waals surface area contributed by atoms with Crippen molar-refractivity contribution in [2.24, 2.45) is 0 Å². The molecule has 0 aromatic carbocycles. The Morgan fingerprint density at radius 1 is 1.41 bits per heavy atom. The van der Waals surface area contributed by atoms with Crippen molar-refractivity contribution in [3.8, 4) is 0 Å². The molecular weight excluding hydrogens is 214 g/mol. The fourth-order valence-electron chi connectivity index (χ4n) is 2.51. The van der Waals surface area contributed by atoms with Gasteiger partial charge in [0.1, 0.15) is 5.54 Å². The maximum atomic E-state index is 11.4. The van der Waals surface area contributed by atoms with Gasteiger partial charge in [0.25, 0.3) is 0 Å². The lowest BCUT2D eigenvalue weighted by Gasteiger charge is -2.31. The number of hydrogen-bond acceptors (Lipinski definition) is 2. The molecule has 0 aromatic heterocycles. The number of carboxylic acid groups (broad SMARTS) is 1. The van der Waals surface area contributed by atoms with Crippen molar-refractivity contribution in [1.29, 1.82) is 0 Å². The third kappa shape index (κ3) is 4.50. The summed E-state index contributed by atoms with van der Waals surface area (Å²) in [7, 11) is 0. The summed E-state index contributed by atoms with van der Waals surface area (Å²) in [5.74, 6) is -0.747. The monoisotopic (exact) mass is 239 g/mol. The molecule has 0 amide bonds. The molecule has 98 valence electrons. The Labute approximate surface area is 104 Å². The zero-order valence-corrected chi connectivity index (χ0v) is 10.9. The molecule has 1 aliphatic rings. The molecule has 3 heteroatoms. The Balaban J connectivity index is 2.57. The lowest BCUT2D eigenvalue weighted by Crippen LogP contribution is -2.53. The van der Waals surface area contributed by atoms with E-state index >= 15 is 0 Å². The Kier molecular flexibility index (Phi) is 5.69. The van der Waals surface area contributed by atoms with E-state index < -0.39 is 11.5 Å². The zero-order chi connectivity index (χ0) is 12.7. The third-order valence-corrected chi connectivity index (χ3v) is 3.70. The molecule has 0 spiro atoms. The zero-order valence-electron chi connectivity index (χ0n) is 10.9. The van der Waals surface area contributed by atoms with Crippen LogP contribution in [0.3, 0.4) is 0 Å². The molecule has 1 aliphatic carbocycles. The first kappa shape index (κ1) is 14.2. The summed E-state index contributed by atoms with van der Waals surface area (Å²) in [4.78, 5) is 11.4. The second-order valence-corrected chi connectivity index (χ2v) is 5.30. The average molecular weight is 239 g/mol. The molecule has 0 saturated heterocycles. The minimum absolute atomic E-state index is 0.364. The summed E-state index contributed by atoms with van der Waals surface area (Å²) < 4.78 is 0. The van der Waals surface area contributed by atoms with E-state index in [1.807, 2.05) is 0 Å². The van der Waals surface area contributed by atoms with Crippen molar-refractivity contribution in [3.63, 3.8) is 0 Å². The molecule has 17 heavy (non-hydrogen) atoms. The molecule has 1 rings (SSSR count). The van der Waals surface area contributed by atoms with Gasteiger partial charge in [-0.05, 0) is 32.6 Å². The standard InChI is InChI=1S/C14H25NO2/c1-3-4-11-14(2,13(16)17)15-12-9-7-5-6-8-10-12/h3,12,15H,1,4-11H2,2H3,(H,16,17). The fraction of sp³-hybridized carbons (Fsp3) is 0.786. The van der Waals surface area contributed by atoms with Crippen LogP contribution in [0.25, 0.3) is 0 Å². The number of allylic oxidation sites excluding steroid dienone is 1. The first-order chi connectivity index (χ1) is 8.08. The second kappa shape index (κ2) is 6.80. The molecule has 0 heterocycles. The van der Waals surface area contributed by atoms with E-state index in [4.69, 9.17) is 0 Å². The lowest BCUT2D eigenvalue weighted by molar-refractivity contribution is -0.144. The van der Waals surface area contributed by atoms with Gasteiger partial charge in [0.15, 0.2) is 0 Å². The van der Waals surface area contributed by atoms with Gasteiger partial charge in [0.2, 0.25) is 0 Å². The van der Waals surface area contributed by atoms with Gasteiger partial charge in [0.05, 0.1) is 0 Å². The van der Waals surface area contributed by atoms with Gasteiger partial charge in [-0.15, -0.1) is 6.58 Å². The van der Waals surface area contributed by atoms with E-state index in [2.05, 4.69) is 11.9 Å². The van der Waals surface area contributed by atoms with Crippen molar-refractivity contribution < 1.29 is 9.90 Å². The van der Waals surface area contributed by atoms with Crippen LogP contribution in [-0.2, 0) is 4.79 Å². The van der Waals surface area contributed by atoms with Gasteiger partial charge in [-0.3, -0.25) is 10.1 Å². The largest absolute Gasteiger partial charge is 0.480 e. The first-order valence-corrected chi connectivity index (χ1v) is 6.70. The van der Waals surface area contributed by atoms with Crippen molar-refractivity contribution in [1.82, 2.24) is 5.32 Å². The van der Waals surface area contributed by atoms with Gasteiger partial charge >= 0.3 is 5.97 Å². The normalized spacial score (nSPS) is 21.5. The van der Waals surface area contributed by atoms with Crippen LogP contribution < -0.4 is 5.32 Å². The number of carbonyl (C=O) groups is 1. The Morgan fingerprint density at radius 2 is 2.00 bits per heavy atom. The van der Waals surface area contributed by atoms with E-state index in [0.717, 1.165) is 19.3 Å². The van der Waals surface area contributed by atoms with Crippen molar-refractivity contribution in [2.45, 2.75) is 69.9 Å². The number of nitrogens with one attached hydrogen (secondary N) is 1. The molecule has 1 unspecified atom stereocenters. The molecule has 0 aliphatic heterocycles. The van der Waals surface area contributed by atoms with Crippen molar-refractivity contribution in [2.75, 3.05) is 0 Å². The van der Waals surface area contributed by atoms with E-state index in [0.29, 0.717) is 12.5 Å². The summed E-state index contributed by atoms with van der Waals surface area (Å²) in [5.41, 5.74) is -0.802. The van der Waals surface area contributed by atoms with Gasteiger partial charge in [-0.1, -0.05) is 31.8 Å². The van der Waals surface area contributed by atoms with Crippen molar-refractivity contribution in [3.05, 3.63) is 12.7 Å². The summed E-state index contributed by atoms with van der Waals surface area (Å²) in [6, 6.07) is 0.364. The topological polar surface area (TPSA) is 49.3 Å². The van der Waals surface area contributed by atoms with Crippen LogP contribution in [0.2, 0.25) is 0 Å². The quantitative estimate of drug-likeness (QED) is 0.553. The number of rotatable bonds is 6. The highest BCUT2D eigenvalue weighted by Crippen LogP contribution is 2.22. The molecule has 0 bridgehead atoms. The van der Waals surface area contributed by atoms with Crippen LogP contribution >= 0.6 is 0 Å². The molecule has 2 N–H and O–H groups in total. The average Bonchev–Trinajstić information content (AvgIpc) is 2.54. The van der Waals surface area contributed by atoms with Crippen LogP contribution in [0.5, 0.6) is 0 Å². The molecule has 0 radical (unpaired) electrons. The molecule has 0 aromatic rings. The predicted octanol–water partition coefficient (Wildman–Crippen LogP) is 3.11. The smallest absolute Gasteiger partial charge is 0.323 e. The van der Waals surface area contributed by atoms with Crippen LogP contribution in [-0.4, -0.2) is 22.7 Å². The number of carboxylic acids is 1. The van der Waals surface area contributed by atoms with E-state index in [-0.39, 0.29) is 0 Å². The highest BCUT2D eigenvalue weighted by molar-refractivity contribution is 5.78. The SMILES string of the molecule is C=CCCC(C)(NC1CCCCCC1)C(=O)O. The lowest BCUT2D eigenvalue weighted by atomic mass is 9.93. The molecule has 3 nitrogen and oxygen atoms in total. The van der Waals surface area contributed by atoms with Crippen LogP contribution in [0, 0.1) is 0 Å². The Hall–Kier alpha value is -0.830. The number of aliphatic carboxylic acids is 1. The summed E-state index contributed by atoms with van der Waals surface area (Å²) in [6.07, 6.45) is 10.4. The van der Waals surface area contributed by atoms with E-state index in [9.17, 15) is 9.90 Å².